The summed E-state index contributed by atoms with van der Waals surface area (Å²) in [5.41, 5.74) is 0.127. The van der Waals surface area contributed by atoms with Gasteiger partial charge < -0.3 is 9.80 Å². The van der Waals surface area contributed by atoms with Gasteiger partial charge in [-0.1, -0.05) is 6.07 Å². The van der Waals surface area contributed by atoms with Crippen molar-refractivity contribution in [2.75, 3.05) is 0 Å². The summed E-state index contributed by atoms with van der Waals surface area (Å²) in [5, 5.41) is 17.4. The minimum atomic E-state index is -0.666. The van der Waals surface area contributed by atoms with Crippen LogP contribution in [0.1, 0.15) is 51.2 Å². The van der Waals surface area contributed by atoms with Gasteiger partial charge in [0.05, 0.1) is 5.66 Å². The summed E-state index contributed by atoms with van der Waals surface area (Å²) in [7, 11) is 0. The van der Waals surface area contributed by atoms with E-state index in [2.05, 4.69) is 44.8 Å². The molecule has 0 bridgehead atoms. The number of tetrazole rings is 1. The molecule has 0 radical (unpaired) electrons. The van der Waals surface area contributed by atoms with E-state index in [9.17, 15) is 9.59 Å². The lowest BCUT2D eigenvalue weighted by atomic mass is 9.93. The predicted octanol–water partition coefficient (Wildman–Crippen LogP) is 0.607. The number of thioether (sulfide) groups is 1. The van der Waals surface area contributed by atoms with Crippen molar-refractivity contribution in [2.45, 2.75) is 61.6 Å². The molecule has 2 aromatic heterocycles. The quantitative estimate of drug-likeness (QED) is 0.701. The normalized spacial score (nSPS) is 32.4. The van der Waals surface area contributed by atoms with Gasteiger partial charge >= 0.3 is 0 Å². The third kappa shape index (κ3) is 2.53. The Kier molecular flexibility index (Phi) is 3.82. The maximum atomic E-state index is 13.4. The molecular formula is C18H22N8O2S. The van der Waals surface area contributed by atoms with Crippen LogP contribution in [0.2, 0.25) is 0 Å². The molecule has 0 aromatic carbocycles. The Morgan fingerprint density at radius 1 is 1.17 bits per heavy atom. The first-order valence-electron chi connectivity index (χ1n) is 9.47. The van der Waals surface area contributed by atoms with E-state index in [-0.39, 0.29) is 28.0 Å². The van der Waals surface area contributed by atoms with Crippen LogP contribution < -0.4 is 5.32 Å². The number of pyridine rings is 1. The zero-order chi connectivity index (χ0) is 20.6. The second-order valence-electron chi connectivity index (χ2n) is 8.62. The second kappa shape index (κ2) is 5.99. The number of amides is 2. The van der Waals surface area contributed by atoms with E-state index in [1.165, 1.54) is 0 Å². The van der Waals surface area contributed by atoms with E-state index in [1.54, 1.807) is 34.0 Å². The van der Waals surface area contributed by atoms with Crippen LogP contribution in [-0.4, -0.2) is 69.0 Å². The van der Waals surface area contributed by atoms with Gasteiger partial charge in [0.2, 0.25) is 11.8 Å². The highest BCUT2D eigenvalue weighted by molar-refractivity contribution is 8.01. The summed E-state index contributed by atoms with van der Waals surface area (Å²) in [4.78, 5) is 34.3. The molecule has 2 amide bonds. The van der Waals surface area contributed by atoms with Crippen LogP contribution in [0.5, 0.6) is 0 Å². The molecule has 152 valence electrons. The molecule has 3 unspecified atom stereocenters. The second-order valence-corrected chi connectivity index (χ2v) is 10.4. The van der Waals surface area contributed by atoms with Gasteiger partial charge in [-0.25, -0.2) is 5.10 Å². The van der Waals surface area contributed by atoms with E-state index in [0.717, 1.165) is 5.56 Å². The summed E-state index contributed by atoms with van der Waals surface area (Å²) in [6, 6.07) is 2.36. The van der Waals surface area contributed by atoms with E-state index in [0.29, 0.717) is 5.82 Å². The summed E-state index contributed by atoms with van der Waals surface area (Å²) in [6.07, 6.45) is 3.36. The summed E-state index contributed by atoms with van der Waals surface area (Å²) < 4.78 is -0.292. The molecule has 3 fully saturated rings. The smallest absolute Gasteiger partial charge is 0.250 e. The Morgan fingerprint density at radius 2 is 1.97 bits per heavy atom. The van der Waals surface area contributed by atoms with E-state index in [1.807, 2.05) is 26.0 Å². The maximum absolute atomic E-state index is 13.4. The van der Waals surface area contributed by atoms with Crippen molar-refractivity contribution < 1.29 is 9.59 Å². The van der Waals surface area contributed by atoms with Gasteiger partial charge in [-0.05, 0) is 49.8 Å². The molecule has 5 heterocycles. The first kappa shape index (κ1) is 18.5. The van der Waals surface area contributed by atoms with Gasteiger partial charge in [-0.3, -0.25) is 19.9 Å². The number of hydrogen-bond donors (Lipinski definition) is 2. The number of nitrogens with one attached hydrogen (secondary N) is 2. The molecule has 11 heteroatoms. The molecule has 10 nitrogen and oxygen atoms in total. The molecule has 2 aromatic rings. The van der Waals surface area contributed by atoms with Crippen molar-refractivity contribution in [3.63, 3.8) is 0 Å². The minimum absolute atomic E-state index is 0.0791. The molecule has 2 N–H and O–H groups in total. The lowest BCUT2D eigenvalue weighted by molar-refractivity contribution is -0.165. The van der Waals surface area contributed by atoms with Gasteiger partial charge in [0.1, 0.15) is 23.5 Å². The number of β-lactam (4-membered cyclic amide) rings is 1. The molecule has 5 rings (SSSR count). The highest BCUT2D eigenvalue weighted by atomic mass is 32.2. The van der Waals surface area contributed by atoms with Gasteiger partial charge in [0.25, 0.3) is 0 Å². The van der Waals surface area contributed by atoms with E-state index in [4.69, 9.17) is 0 Å². The van der Waals surface area contributed by atoms with Crippen molar-refractivity contribution in [2.24, 2.45) is 0 Å². The first-order valence-corrected chi connectivity index (χ1v) is 10.3. The Labute approximate surface area is 171 Å². The number of fused-ring (bicyclic) bond motifs is 1. The molecule has 4 atom stereocenters. The first-order chi connectivity index (χ1) is 13.7. The fourth-order valence-corrected chi connectivity index (χ4v) is 6.40. The number of carbonyl (C=O) groups excluding carboxylic acids is 2. The number of rotatable bonds is 3. The predicted molar refractivity (Wildman–Crippen MR) is 104 cm³/mol. The number of hydrogen-bond acceptors (Lipinski definition) is 8. The van der Waals surface area contributed by atoms with Gasteiger partial charge in [-0.15, -0.1) is 16.9 Å². The Bertz CT molecular complexity index is 964. The summed E-state index contributed by atoms with van der Waals surface area (Å²) in [6.45, 7) is 8.00. The van der Waals surface area contributed by atoms with Crippen molar-refractivity contribution >= 4 is 23.6 Å². The van der Waals surface area contributed by atoms with E-state index >= 15 is 0 Å². The highest BCUT2D eigenvalue weighted by Crippen LogP contribution is 2.58. The molecule has 3 aliphatic rings. The lowest BCUT2D eigenvalue weighted by Gasteiger charge is -2.50. The topological polar surface area (TPSA) is 120 Å². The molecule has 3 aliphatic heterocycles. The highest BCUT2D eigenvalue weighted by Gasteiger charge is 2.67. The molecule has 0 saturated carbocycles. The Balaban J connectivity index is 1.47. The molecule has 29 heavy (non-hydrogen) atoms. The Morgan fingerprint density at radius 3 is 2.62 bits per heavy atom. The standard InChI is InChI=1S/C18H22N8O2S/c1-17(2)12(13-21-23-24-22-13)25-15(28)11(16(25)29-17)26-14(27)10(20-18(26,3)4)9-6-5-7-19-8-9/h5-8,10-12,16,20H,1-4H3,(H,21,22,23,24)/t10?,11?,12?,16-/m1/s1. The SMILES string of the molecule is CC1(C)S[C@@H]2C(N3C(=O)C(c4cccnc4)NC3(C)C)C(=O)N2C1c1nnn[nH]1. The number of carbonyl (C=O) groups is 2. The van der Waals surface area contributed by atoms with Crippen LogP contribution in [0.4, 0.5) is 0 Å². The van der Waals surface area contributed by atoms with Crippen molar-refractivity contribution in [3.05, 3.63) is 35.9 Å². The fraction of sp³-hybridized carbons (Fsp3) is 0.556. The van der Waals surface area contributed by atoms with Crippen molar-refractivity contribution in [1.29, 1.82) is 0 Å². The lowest BCUT2D eigenvalue weighted by Crippen LogP contribution is -2.71. The zero-order valence-corrected chi connectivity index (χ0v) is 17.3. The zero-order valence-electron chi connectivity index (χ0n) is 16.5. The Hall–Kier alpha value is -2.53. The van der Waals surface area contributed by atoms with Crippen LogP contribution in [0.3, 0.4) is 0 Å². The van der Waals surface area contributed by atoms with E-state index < -0.39 is 17.7 Å². The third-order valence-corrected chi connectivity index (χ3v) is 7.47. The van der Waals surface area contributed by atoms with Crippen LogP contribution >= 0.6 is 11.8 Å². The van der Waals surface area contributed by atoms with Gasteiger partial charge in [0.15, 0.2) is 5.82 Å². The number of aromatic nitrogens is 5. The molecule has 0 aliphatic carbocycles. The summed E-state index contributed by atoms with van der Waals surface area (Å²) >= 11 is 1.68. The van der Waals surface area contributed by atoms with Crippen LogP contribution in [-0.2, 0) is 9.59 Å². The number of nitrogens with zero attached hydrogens (tertiary/aromatic N) is 6. The fourth-order valence-electron chi connectivity index (χ4n) is 4.71. The van der Waals surface area contributed by atoms with Crippen LogP contribution in [0.25, 0.3) is 0 Å². The maximum Gasteiger partial charge on any atom is 0.250 e. The number of H-pyrrole nitrogens is 1. The van der Waals surface area contributed by atoms with Gasteiger partial charge in [0, 0.05) is 17.1 Å². The summed E-state index contributed by atoms with van der Waals surface area (Å²) in [5.74, 6) is 0.379. The monoisotopic (exact) mass is 414 g/mol. The average molecular weight is 414 g/mol. The van der Waals surface area contributed by atoms with Crippen LogP contribution in [0, 0.1) is 0 Å². The van der Waals surface area contributed by atoms with Crippen LogP contribution in [0.15, 0.2) is 24.5 Å². The number of aromatic amines is 1. The molecule has 3 saturated heterocycles. The average Bonchev–Trinajstić information content (AvgIpc) is 3.33. The van der Waals surface area contributed by atoms with Crippen molar-refractivity contribution in [3.8, 4) is 0 Å². The molecular weight excluding hydrogens is 392 g/mol. The minimum Gasteiger partial charge on any atom is -0.314 e. The van der Waals surface area contributed by atoms with Gasteiger partial charge in [-0.2, -0.15) is 0 Å². The third-order valence-electron chi connectivity index (χ3n) is 5.91. The molecule has 0 spiro atoms. The van der Waals surface area contributed by atoms with Crippen molar-refractivity contribution in [1.82, 2.24) is 40.7 Å². The largest absolute Gasteiger partial charge is 0.314 e.